The Morgan fingerprint density at radius 2 is 1.53 bits per heavy atom. The number of nitrogens with zero attached hydrogens (tertiary/aromatic N) is 1. The zero-order chi connectivity index (χ0) is 13.1. The predicted octanol–water partition coefficient (Wildman–Crippen LogP) is 4.23. The summed E-state index contributed by atoms with van der Waals surface area (Å²) in [5.41, 5.74) is 2.25. The molecule has 0 N–H and O–H groups in total. The molecule has 1 rings (SSSR count). The van der Waals surface area contributed by atoms with Gasteiger partial charge in [0.25, 0.3) is 0 Å². The number of rotatable bonds is 4. The van der Waals surface area contributed by atoms with Gasteiger partial charge in [-0.3, -0.25) is 0 Å². The van der Waals surface area contributed by atoms with Crippen LogP contribution in [-0.2, 0) is 4.43 Å². The summed E-state index contributed by atoms with van der Waals surface area (Å²) in [4.78, 5) is 0. The van der Waals surface area contributed by atoms with Crippen molar-refractivity contribution in [3.05, 3.63) is 35.4 Å². The minimum absolute atomic E-state index is 0.428. The fourth-order valence-electron chi connectivity index (χ4n) is 1.58. The van der Waals surface area contributed by atoms with Crippen molar-refractivity contribution in [2.75, 3.05) is 0 Å². The van der Waals surface area contributed by atoms with Gasteiger partial charge in [0, 0.05) is 0 Å². The van der Waals surface area contributed by atoms with Crippen LogP contribution in [0.4, 0.5) is 0 Å². The van der Waals surface area contributed by atoms with Crippen LogP contribution in [0.5, 0.6) is 0 Å². The van der Waals surface area contributed by atoms with E-state index < -0.39 is 14.4 Å². The molecule has 17 heavy (non-hydrogen) atoms. The molecule has 3 heteroatoms. The van der Waals surface area contributed by atoms with Crippen molar-refractivity contribution in [1.82, 2.24) is 0 Å². The van der Waals surface area contributed by atoms with Crippen molar-refractivity contribution in [1.29, 1.82) is 5.26 Å². The van der Waals surface area contributed by atoms with E-state index in [-0.39, 0.29) is 0 Å². The van der Waals surface area contributed by atoms with Crippen LogP contribution in [0.15, 0.2) is 24.3 Å². The Morgan fingerprint density at radius 3 is 1.88 bits per heavy atom. The van der Waals surface area contributed by atoms with Gasteiger partial charge in [-0.2, -0.15) is 5.26 Å². The Bertz CT molecular complexity index is 398. The Hall–Kier alpha value is -1.11. The van der Waals surface area contributed by atoms with Crippen molar-refractivity contribution in [2.45, 2.75) is 45.5 Å². The van der Waals surface area contributed by atoms with E-state index in [9.17, 15) is 0 Å². The molecule has 2 nitrogen and oxygen atoms in total. The molecule has 0 saturated heterocycles. The first-order chi connectivity index (χ1) is 7.83. The summed E-state index contributed by atoms with van der Waals surface area (Å²) < 4.78 is 5.85. The zero-order valence-electron chi connectivity index (χ0n) is 11.3. The van der Waals surface area contributed by atoms with Gasteiger partial charge in [0.15, 0.2) is 14.4 Å². The van der Waals surface area contributed by atoms with Crippen LogP contribution in [0, 0.1) is 11.3 Å². The highest BCUT2D eigenvalue weighted by Gasteiger charge is 2.22. The third-order valence-electron chi connectivity index (χ3n) is 2.49. The maximum absolute atomic E-state index is 9.17. The molecule has 1 aromatic carbocycles. The van der Waals surface area contributed by atoms with Gasteiger partial charge in [-0.15, -0.1) is 0 Å². The molecule has 0 heterocycles. The SMILES string of the molecule is CC(C)c1ccc(C(C#N)O[Si](C)(C)C)cc1. The second kappa shape index (κ2) is 5.48. The Labute approximate surface area is 105 Å². The second-order valence-electron chi connectivity index (χ2n) is 5.56. The lowest BCUT2D eigenvalue weighted by molar-refractivity contribution is 0.255. The van der Waals surface area contributed by atoms with E-state index in [1.165, 1.54) is 5.56 Å². The number of hydrogen-bond acceptors (Lipinski definition) is 2. The maximum atomic E-state index is 9.17. The van der Waals surface area contributed by atoms with Gasteiger partial charge in [0.05, 0.1) is 6.07 Å². The van der Waals surface area contributed by atoms with E-state index in [1.54, 1.807) is 0 Å². The molecular formula is C14H21NOSi. The first-order valence-corrected chi connectivity index (χ1v) is 9.41. The summed E-state index contributed by atoms with van der Waals surface area (Å²) >= 11 is 0. The van der Waals surface area contributed by atoms with Crippen LogP contribution in [-0.4, -0.2) is 8.32 Å². The molecule has 1 aromatic rings. The maximum Gasteiger partial charge on any atom is 0.186 e. The summed E-state index contributed by atoms with van der Waals surface area (Å²) in [6.45, 7) is 10.6. The minimum Gasteiger partial charge on any atom is -0.399 e. The van der Waals surface area contributed by atoms with Crippen LogP contribution in [0.2, 0.25) is 19.6 Å². The first kappa shape index (κ1) is 13.9. The molecule has 0 aromatic heterocycles. The minimum atomic E-state index is -1.68. The lowest BCUT2D eigenvalue weighted by Gasteiger charge is -2.22. The monoisotopic (exact) mass is 247 g/mol. The van der Waals surface area contributed by atoms with Crippen molar-refractivity contribution < 1.29 is 4.43 Å². The zero-order valence-corrected chi connectivity index (χ0v) is 12.3. The highest BCUT2D eigenvalue weighted by molar-refractivity contribution is 6.69. The molecule has 0 spiro atoms. The van der Waals surface area contributed by atoms with Gasteiger partial charge in [-0.1, -0.05) is 38.1 Å². The lowest BCUT2D eigenvalue weighted by Crippen LogP contribution is -2.27. The van der Waals surface area contributed by atoms with Crippen LogP contribution >= 0.6 is 0 Å². The largest absolute Gasteiger partial charge is 0.399 e. The Morgan fingerprint density at radius 1 is 1.06 bits per heavy atom. The molecular weight excluding hydrogens is 226 g/mol. The van der Waals surface area contributed by atoms with Crippen molar-refractivity contribution >= 4 is 8.32 Å². The molecule has 0 bridgehead atoms. The van der Waals surface area contributed by atoms with Gasteiger partial charge in [0.2, 0.25) is 0 Å². The van der Waals surface area contributed by atoms with Gasteiger partial charge in [-0.25, -0.2) is 0 Å². The Balaban J connectivity index is 2.87. The van der Waals surface area contributed by atoms with E-state index in [0.29, 0.717) is 5.92 Å². The third-order valence-corrected chi connectivity index (χ3v) is 3.44. The quantitative estimate of drug-likeness (QED) is 0.746. The van der Waals surface area contributed by atoms with Crippen LogP contribution in [0.25, 0.3) is 0 Å². The van der Waals surface area contributed by atoms with E-state index in [0.717, 1.165) is 5.56 Å². The average Bonchev–Trinajstić information content (AvgIpc) is 2.25. The molecule has 1 unspecified atom stereocenters. The number of nitriles is 1. The molecule has 0 fully saturated rings. The average molecular weight is 247 g/mol. The standard InChI is InChI=1S/C14H21NOSi/c1-11(2)12-6-8-13(9-7-12)14(10-15)16-17(3,4)5/h6-9,11,14H,1-5H3. The van der Waals surface area contributed by atoms with Crippen LogP contribution < -0.4 is 0 Å². The fraction of sp³-hybridized carbons (Fsp3) is 0.500. The second-order valence-corrected chi connectivity index (χ2v) is 10.0. The van der Waals surface area contributed by atoms with Gasteiger partial charge < -0.3 is 4.43 Å². The van der Waals surface area contributed by atoms with Crippen LogP contribution in [0.3, 0.4) is 0 Å². The molecule has 0 aliphatic rings. The van der Waals surface area contributed by atoms with E-state index in [1.807, 2.05) is 12.1 Å². The Kier molecular flexibility index (Phi) is 4.50. The molecule has 92 valence electrons. The molecule has 0 saturated carbocycles. The molecule has 0 radical (unpaired) electrons. The molecule has 0 amide bonds. The molecule has 0 aliphatic heterocycles. The summed E-state index contributed by atoms with van der Waals surface area (Å²) in [7, 11) is -1.68. The van der Waals surface area contributed by atoms with E-state index >= 15 is 0 Å². The first-order valence-electron chi connectivity index (χ1n) is 6.01. The normalized spacial score (nSPS) is 13.5. The summed E-state index contributed by atoms with van der Waals surface area (Å²) in [5, 5.41) is 9.17. The number of hydrogen-bond donors (Lipinski definition) is 0. The van der Waals surface area contributed by atoms with Crippen molar-refractivity contribution in [3.63, 3.8) is 0 Å². The van der Waals surface area contributed by atoms with E-state index in [2.05, 4.69) is 51.7 Å². The van der Waals surface area contributed by atoms with Crippen LogP contribution in [0.1, 0.15) is 37.0 Å². The smallest absolute Gasteiger partial charge is 0.186 e. The molecule has 1 atom stereocenters. The van der Waals surface area contributed by atoms with Gasteiger partial charge >= 0.3 is 0 Å². The fourth-order valence-corrected chi connectivity index (χ4v) is 2.47. The highest BCUT2D eigenvalue weighted by Crippen LogP contribution is 2.23. The number of benzene rings is 1. The third kappa shape index (κ3) is 4.33. The summed E-state index contributed by atoms with van der Waals surface area (Å²) in [6.07, 6.45) is -0.428. The van der Waals surface area contributed by atoms with Gasteiger partial charge in [-0.05, 0) is 36.7 Å². The predicted molar refractivity (Wildman–Crippen MR) is 73.3 cm³/mol. The van der Waals surface area contributed by atoms with Crippen molar-refractivity contribution in [3.8, 4) is 6.07 Å². The topological polar surface area (TPSA) is 33.0 Å². The van der Waals surface area contributed by atoms with E-state index in [4.69, 9.17) is 9.69 Å². The molecule has 0 aliphatic carbocycles. The summed E-state index contributed by atoms with van der Waals surface area (Å²) in [6, 6.07) is 10.4. The lowest BCUT2D eigenvalue weighted by atomic mass is 10.0. The highest BCUT2D eigenvalue weighted by atomic mass is 28.4. The summed E-state index contributed by atoms with van der Waals surface area (Å²) in [5.74, 6) is 0.516. The van der Waals surface area contributed by atoms with Crippen molar-refractivity contribution in [2.24, 2.45) is 0 Å². The van der Waals surface area contributed by atoms with Gasteiger partial charge in [0.1, 0.15) is 0 Å².